The van der Waals surface area contributed by atoms with Crippen molar-refractivity contribution in [2.75, 3.05) is 0 Å². The van der Waals surface area contributed by atoms with Gasteiger partial charge in [0.15, 0.2) is 0 Å². The van der Waals surface area contributed by atoms with E-state index < -0.39 is 40.6 Å². The molecule has 23 heavy (non-hydrogen) atoms. The first-order valence-electron chi connectivity index (χ1n) is 7.25. The summed E-state index contributed by atoms with van der Waals surface area (Å²) in [4.78, 5) is 11.3. The largest absolute Gasteiger partial charge is 0.458 e. The van der Waals surface area contributed by atoms with E-state index in [9.17, 15) is 17.6 Å². The monoisotopic (exact) mass is 345 g/mol. The molecule has 1 saturated heterocycles. The molecule has 1 aliphatic rings. The number of sulfonamides is 1. The van der Waals surface area contributed by atoms with E-state index in [1.165, 1.54) is 26.0 Å². The Morgan fingerprint density at radius 3 is 2.52 bits per heavy atom. The van der Waals surface area contributed by atoms with Gasteiger partial charge in [-0.25, -0.2) is 17.5 Å². The van der Waals surface area contributed by atoms with Gasteiger partial charge in [0.1, 0.15) is 6.10 Å². The maximum absolute atomic E-state index is 13.6. The van der Waals surface area contributed by atoms with Crippen LogP contribution in [0.1, 0.15) is 25.8 Å². The molecule has 0 aliphatic carbocycles. The quantitative estimate of drug-likeness (QED) is 0.840. The number of ether oxygens (including phenoxy) is 2. The number of hydrogen-bond acceptors (Lipinski definition) is 5. The molecule has 1 fully saturated rings. The molecule has 1 aromatic carbocycles. The highest BCUT2D eigenvalue weighted by molar-refractivity contribution is 7.89. The van der Waals surface area contributed by atoms with E-state index in [4.69, 9.17) is 9.47 Å². The van der Waals surface area contributed by atoms with E-state index in [1.54, 1.807) is 12.1 Å². The first kappa shape index (κ1) is 17.8. The molecule has 0 amide bonds. The van der Waals surface area contributed by atoms with Crippen molar-refractivity contribution in [2.45, 2.75) is 56.7 Å². The van der Waals surface area contributed by atoms with Crippen molar-refractivity contribution >= 4 is 16.0 Å². The third-order valence-corrected chi connectivity index (χ3v) is 5.11. The zero-order valence-electron chi connectivity index (χ0n) is 13.2. The molecular formula is C15H20FNO5S. The predicted octanol–water partition coefficient (Wildman–Crippen LogP) is 1.68. The second kappa shape index (κ2) is 6.94. The average Bonchev–Trinajstić information content (AvgIpc) is 2.42. The van der Waals surface area contributed by atoms with E-state index >= 15 is 0 Å². The van der Waals surface area contributed by atoms with E-state index in [0.29, 0.717) is 0 Å². The summed E-state index contributed by atoms with van der Waals surface area (Å²) in [6.07, 6.45) is -3.50. The molecule has 0 aromatic heterocycles. The maximum Gasteiger partial charge on any atom is 0.303 e. The third kappa shape index (κ3) is 4.49. The predicted molar refractivity (Wildman–Crippen MR) is 80.9 cm³/mol. The Kier molecular flexibility index (Phi) is 5.38. The molecule has 0 spiro atoms. The van der Waals surface area contributed by atoms with Crippen LogP contribution in [0.2, 0.25) is 0 Å². The van der Waals surface area contributed by atoms with Crippen LogP contribution < -0.4 is 4.72 Å². The van der Waals surface area contributed by atoms with E-state index in [-0.39, 0.29) is 11.3 Å². The molecule has 1 heterocycles. The Morgan fingerprint density at radius 1 is 1.35 bits per heavy atom. The van der Waals surface area contributed by atoms with Gasteiger partial charge in [-0.1, -0.05) is 17.7 Å². The Balaban J connectivity index is 2.22. The number of aryl methyl sites for hydroxylation is 1. The topological polar surface area (TPSA) is 81.7 Å². The van der Waals surface area contributed by atoms with Crippen LogP contribution in [0.15, 0.2) is 29.2 Å². The molecule has 1 aliphatic heterocycles. The summed E-state index contributed by atoms with van der Waals surface area (Å²) in [5.74, 6) is -0.581. The number of rotatable bonds is 4. The number of halogens is 1. The summed E-state index contributed by atoms with van der Waals surface area (Å²) < 4.78 is 51.0. The molecular weight excluding hydrogens is 325 g/mol. The molecule has 128 valence electrons. The zero-order valence-corrected chi connectivity index (χ0v) is 14.0. The normalized spacial score (nSPS) is 28.3. The molecule has 0 radical (unpaired) electrons. The smallest absolute Gasteiger partial charge is 0.303 e. The van der Waals surface area contributed by atoms with E-state index in [1.807, 2.05) is 6.92 Å². The van der Waals surface area contributed by atoms with Crippen LogP contribution in [0, 0.1) is 6.92 Å². The Bertz CT molecular complexity index is 661. The highest BCUT2D eigenvalue weighted by Crippen LogP contribution is 2.25. The van der Waals surface area contributed by atoms with Crippen LogP contribution in [0.4, 0.5) is 4.39 Å². The first-order chi connectivity index (χ1) is 10.7. The van der Waals surface area contributed by atoms with Crippen molar-refractivity contribution in [1.29, 1.82) is 0 Å². The van der Waals surface area contributed by atoms with Crippen molar-refractivity contribution in [3.8, 4) is 0 Å². The Labute approximate surface area is 135 Å². The zero-order chi connectivity index (χ0) is 17.2. The summed E-state index contributed by atoms with van der Waals surface area (Å²) >= 11 is 0. The van der Waals surface area contributed by atoms with Gasteiger partial charge in [-0.2, -0.15) is 0 Å². The molecule has 0 saturated carbocycles. The Hall–Kier alpha value is -1.51. The fourth-order valence-corrected chi connectivity index (χ4v) is 3.76. The standard InChI is InChI=1S/C15H20FNO5S/c1-9-4-6-12(7-5-9)23(19,20)17-13-8-14(16)21-10(2)15(13)22-11(3)18/h4-7,10,13-15,17H,8H2,1-3H3/t10-,13+,14?,15-/m0/s1. The number of alkyl halides is 1. The fourth-order valence-electron chi connectivity index (χ4n) is 2.50. The van der Waals surface area contributed by atoms with Gasteiger partial charge in [0.25, 0.3) is 0 Å². The highest BCUT2D eigenvalue weighted by atomic mass is 32.2. The van der Waals surface area contributed by atoms with Gasteiger partial charge in [0, 0.05) is 13.3 Å². The number of esters is 1. The molecule has 8 heteroatoms. The number of carbonyl (C=O) groups excluding carboxylic acids is 1. The lowest BCUT2D eigenvalue weighted by atomic mass is 10.0. The Morgan fingerprint density at radius 2 is 1.96 bits per heavy atom. The summed E-state index contributed by atoms with van der Waals surface area (Å²) in [5.41, 5.74) is 0.922. The first-order valence-corrected chi connectivity index (χ1v) is 8.73. The molecule has 2 rings (SSSR count). The summed E-state index contributed by atoms with van der Waals surface area (Å²) in [7, 11) is -3.86. The lowest BCUT2D eigenvalue weighted by molar-refractivity contribution is -0.190. The van der Waals surface area contributed by atoms with Crippen LogP contribution in [0.25, 0.3) is 0 Å². The van der Waals surface area contributed by atoms with Crippen molar-refractivity contribution in [1.82, 2.24) is 4.72 Å². The summed E-state index contributed by atoms with van der Waals surface area (Å²) in [6, 6.07) is 5.37. The van der Waals surface area contributed by atoms with Gasteiger partial charge in [-0.05, 0) is 26.0 Å². The second-order valence-corrected chi connectivity index (χ2v) is 7.32. The van der Waals surface area contributed by atoms with Crippen LogP contribution in [-0.2, 0) is 24.3 Å². The molecule has 1 unspecified atom stereocenters. The lowest BCUT2D eigenvalue weighted by Gasteiger charge is -2.37. The number of carbonyl (C=O) groups is 1. The van der Waals surface area contributed by atoms with E-state index in [2.05, 4.69) is 4.72 Å². The van der Waals surface area contributed by atoms with Gasteiger partial charge in [0.05, 0.1) is 17.0 Å². The SMILES string of the molecule is CC(=O)O[C@H]1[C@H](C)OC(F)C[C@H]1NS(=O)(=O)c1ccc(C)cc1. The number of nitrogens with one attached hydrogen (secondary N) is 1. The van der Waals surface area contributed by atoms with Gasteiger partial charge in [-0.15, -0.1) is 0 Å². The third-order valence-electron chi connectivity index (χ3n) is 3.60. The number of benzene rings is 1. The minimum absolute atomic E-state index is 0.0687. The van der Waals surface area contributed by atoms with Crippen molar-refractivity contribution in [3.63, 3.8) is 0 Å². The summed E-state index contributed by atoms with van der Waals surface area (Å²) in [5, 5.41) is 0. The van der Waals surface area contributed by atoms with Crippen molar-refractivity contribution in [2.24, 2.45) is 0 Å². The van der Waals surface area contributed by atoms with Crippen molar-refractivity contribution < 1.29 is 27.1 Å². The average molecular weight is 345 g/mol. The summed E-state index contributed by atoms with van der Waals surface area (Å²) in [6.45, 7) is 4.58. The molecule has 0 bridgehead atoms. The van der Waals surface area contributed by atoms with Gasteiger partial charge in [-0.3, -0.25) is 4.79 Å². The second-order valence-electron chi connectivity index (χ2n) is 5.60. The highest BCUT2D eigenvalue weighted by Gasteiger charge is 2.41. The van der Waals surface area contributed by atoms with E-state index in [0.717, 1.165) is 5.56 Å². The molecule has 6 nitrogen and oxygen atoms in total. The maximum atomic E-state index is 13.6. The van der Waals surface area contributed by atoms with Crippen LogP contribution in [0.3, 0.4) is 0 Å². The number of hydrogen-bond donors (Lipinski definition) is 1. The van der Waals surface area contributed by atoms with Gasteiger partial charge >= 0.3 is 5.97 Å². The minimum atomic E-state index is -3.86. The van der Waals surface area contributed by atoms with Crippen LogP contribution in [0.5, 0.6) is 0 Å². The minimum Gasteiger partial charge on any atom is -0.458 e. The van der Waals surface area contributed by atoms with Crippen molar-refractivity contribution in [3.05, 3.63) is 29.8 Å². The fraction of sp³-hybridized carbons (Fsp3) is 0.533. The van der Waals surface area contributed by atoms with Gasteiger partial charge in [0.2, 0.25) is 16.4 Å². The van der Waals surface area contributed by atoms with Crippen LogP contribution >= 0.6 is 0 Å². The molecule has 1 aromatic rings. The van der Waals surface area contributed by atoms with Gasteiger partial charge < -0.3 is 9.47 Å². The molecule has 1 N–H and O–H groups in total. The lowest BCUT2D eigenvalue weighted by Crippen LogP contribution is -2.55. The molecule has 4 atom stereocenters. The van der Waals surface area contributed by atoms with Crippen LogP contribution in [-0.4, -0.2) is 39.0 Å².